The molecule has 0 saturated carbocycles. The third-order valence-corrected chi connectivity index (χ3v) is 9.37. The maximum atomic E-state index is 13.9. The summed E-state index contributed by atoms with van der Waals surface area (Å²) < 4.78 is 22.9. The maximum Gasteiger partial charge on any atom is 0.227 e. The fraction of sp³-hybridized carbons (Fsp3) is 0.378. The molecule has 13 heteroatoms. The molecule has 5 rings (SSSR count). The second-order valence-electron chi connectivity index (χ2n) is 12.2. The zero-order valence-corrected chi connectivity index (χ0v) is 30.3. The van der Waals surface area contributed by atoms with E-state index in [1.54, 1.807) is 7.11 Å². The number of methoxy groups -OCH3 is 1. The molecule has 0 aliphatic carbocycles. The molecule has 3 aromatic carbocycles. The molecule has 2 amide bonds. The van der Waals surface area contributed by atoms with Crippen molar-refractivity contribution in [2.45, 2.75) is 58.2 Å². The van der Waals surface area contributed by atoms with Gasteiger partial charge < -0.3 is 19.7 Å². The van der Waals surface area contributed by atoms with Gasteiger partial charge in [0.1, 0.15) is 12.6 Å². The topological polar surface area (TPSA) is 128 Å². The van der Waals surface area contributed by atoms with Crippen molar-refractivity contribution in [2.24, 2.45) is 0 Å². The van der Waals surface area contributed by atoms with Gasteiger partial charge in [-0.25, -0.2) is 4.68 Å². The molecular formula is C37H45N6O5PS. The molecule has 2 atom stereocenters. The van der Waals surface area contributed by atoms with Crippen LogP contribution in [0.4, 0.5) is 5.69 Å². The van der Waals surface area contributed by atoms with Gasteiger partial charge >= 0.3 is 0 Å². The molecular weight excluding hydrogens is 671 g/mol. The molecule has 0 fully saturated rings. The van der Waals surface area contributed by atoms with Gasteiger partial charge in [0.05, 0.1) is 50.3 Å². The molecule has 11 nitrogen and oxygen atoms in total. The number of carbonyl (C=O) groups is 3. The number of benzene rings is 3. The number of anilines is 1. The van der Waals surface area contributed by atoms with Crippen LogP contribution in [0.2, 0.25) is 0 Å². The number of Topliss-reactive ketones (excluding diaryl/α,β-unsaturated/α-hetero) is 1. The summed E-state index contributed by atoms with van der Waals surface area (Å²) in [6.07, 6.45) is 2.31. The Kier molecular flexibility index (Phi) is 13.4. The molecule has 2 heterocycles. The highest BCUT2D eigenvalue weighted by Gasteiger charge is 2.29. The minimum absolute atomic E-state index is 0.0160. The average molecular weight is 719 g/mol. The van der Waals surface area contributed by atoms with Crippen molar-refractivity contribution in [1.82, 2.24) is 25.0 Å². The fourth-order valence-corrected chi connectivity index (χ4v) is 6.79. The summed E-state index contributed by atoms with van der Waals surface area (Å²) in [5, 5.41) is 12.2. The smallest absolute Gasteiger partial charge is 0.227 e. The number of ether oxygens (including phenoxy) is 2. The van der Waals surface area contributed by atoms with Gasteiger partial charge in [-0.1, -0.05) is 80.0 Å². The first-order valence-electron chi connectivity index (χ1n) is 17.2. The molecule has 0 saturated heterocycles. The third-order valence-electron chi connectivity index (χ3n) is 8.62. The number of hydrogen-bond acceptors (Lipinski definition) is 7. The molecule has 0 bridgehead atoms. The van der Waals surface area contributed by atoms with Gasteiger partial charge in [-0.3, -0.25) is 19.1 Å². The fourth-order valence-electron chi connectivity index (χ4n) is 5.97. The number of carbonyl (C=O) groups excluding carboxylic acids is 3. The van der Waals surface area contributed by atoms with Crippen LogP contribution in [-0.2, 0) is 54.4 Å². The maximum absolute atomic E-state index is 13.9. The first-order valence-corrected chi connectivity index (χ1v) is 18.8. The Hall–Kier alpha value is -4.06. The number of thiol groups is 1. The predicted octanol–water partition coefficient (Wildman–Crippen LogP) is 4.72. The summed E-state index contributed by atoms with van der Waals surface area (Å²) >= 11 is -0.996. The second kappa shape index (κ2) is 18.8. The number of para-hydroxylation sites is 1. The Morgan fingerprint density at radius 3 is 2.44 bits per heavy atom. The molecule has 264 valence electrons. The number of aromatic nitrogens is 3. The van der Waals surface area contributed by atoms with E-state index < -0.39 is 17.1 Å². The molecule has 0 radical (unpaired) electrons. The third kappa shape index (κ3) is 9.80. The summed E-state index contributed by atoms with van der Waals surface area (Å²) in [7, 11) is 4.85. The summed E-state index contributed by atoms with van der Waals surface area (Å²) in [6.45, 7) is 4.23. The van der Waals surface area contributed by atoms with Crippen molar-refractivity contribution < 1.29 is 23.9 Å². The van der Waals surface area contributed by atoms with Gasteiger partial charge in [0, 0.05) is 37.6 Å². The minimum Gasteiger partial charge on any atom is -0.382 e. The van der Waals surface area contributed by atoms with E-state index in [1.807, 2.05) is 82.4 Å². The lowest BCUT2D eigenvalue weighted by Gasteiger charge is -2.29. The predicted molar refractivity (Wildman–Crippen MR) is 200 cm³/mol. The van der Waals surface area contributed by atoms with Crippen LogP contribution in [0.5, 0.6) is 0 Å². The highest BCUT2D eigenvalue weighted by atomic mass is 32.5. The van der Waals surface area contributed by atoms with Crippen LogP contribution < -0.4 is 14.9 Å². The number of ketones is 1. The van der Waals surface area contributed by atoms with Crippen LogP contribution >= 0.6 is 8.02 Å². The summed E-state index contributed by atoms with van der Waals surface area (Å²) in [5.41, 5.74) is 7.10. The Bertz CT molecular complexity index is 1840. The lowest BCUT2D eigenvalue weighted by molar-refractivity contribution is -0.122. The van der Waals surface area contributed by atoms with E-state index in [0.717, 1.165) is 44.9 Å². The van der Waals surface area contributed by atoms with E-state index >= 15 is 0 Å². The van der Waals surface area contributed by atoms with Crippen LogP contribution in [0.15, 0.2) is 72.8 Å². The van der Waals surface area contributed by atoms with Gasteiger partial charge in [-0.05, 0) is 48.9 Å². The Morgan fingerprint density at radius 2 is 1.68 bits per heavy atom. The first-order chi connectivity index (χ1) is 24.7. The summed E-state index contributed by atoms with van der Waals surface area (Å²) in [6, 6.07) is 23.4. The van der Waals surface area contributed by atoms with Crippen molar-refractivity contribution in [2.75, 3.05) is 38.4 Å². The number of nitrogens with zero attached hydrogens (tertiary/aromatic N) is 4. The number of unbranched alkanes of at least 4 members (excludes halogenated alkanes) is 1. The van der Waals surface area contributed by atoms with E-state index in [0.29, 0.717) is 71.6 Å². The van der Waals surface area contributed by atoms with Crippen molar-refractivity contribution in [3.8, 4) is 22.5 Å². The monoisotopic (exact) mass is 718 g/mol. The van der Waals surface area contributed by atoms with Crippen molar-refractivity contribution in [3.63, 3.8) is 0 Å². The van der Waals surface area contributed by atoms with Crippen LogP contribution in [0.1, 0.15) is 49.3 Å². The lowest BCUT2D eigenvalue weighted by Crippen LogP contribution is -2.34. The zero-order chi connectivity index (χ0) is 36.2. The first kappa shape index (κ1) is 35.8. The molecule has 2 N–H and O–H groups in total. The Labute approximate surface area is 300 Å². The number of nitrogens with one attached hydrogen (secondary N) is 2. The van der Waals surface area contributed by atoms with Crippen LogP contribution in [0, 0.1) is 0 Å². The van der Waals surface area contributed by atoms with E-state index in [-0.39, 0.29) is 17.6 Å². The second-order valence-corrected chi connectivity index (χ2v) is 13.2. The van der Waals surface area contributed by atoms with Crippen molar-refractivity contribution in [3.05, 3.63) is 89.5 Å². The van der Waals surface area contributed by atoms with E-state index in [1.165, 1.54) is 6.92 Å². The van der Waals surface area contributed by atoms with Gasteiger partial charge in [0.25, 0.3) is 0 Å². The van der Waals surface area contributed by atoms with Crippen molar-refractivity contribution >= 4 is 42.3 Å². The minimum atomic E-state index is -0.996. The number of rotatable bonds is 18. The highest BCUT2D eigenvalue weighted by molar-refractivity contribution is 8.00. The van der Waals surface area contributed by atoms with Crippen LogP contribution in [-0.4, -0.2) is 73.2 Å². The molecule has 0 spiro atoms. The standard InChI is InChI=1S/C37H45N6O5PS/c1-26(44)32(40-50-49)23-27-15-17-28(18-16-27)24-43-37-31-11-5-6-12-33(31)42(25-29-9-3-4-10-30(29)36(37)39-41-43)35(46)14-8-7-13-34(45)38-19-20-48-22-21-47-2/h3-6,9-12,15-18,32,40,49-50H,7-8,13-14,19-25H2,1-2H3,(H,38,45)/t32-/m0/s1/i50T. The largest absolute Gasteiger partial charge is 0.382 e. The molecule has 1 aliphatic rings. The Balaban J connectivity index is 1.32. The van der Waals surface area contributed by atoms with E-state index in [9.17, 15) is 14.4 Å². The van der Waals surface area contributed by atoms with E-state index in [2.05, 4.69) is 28.4 Å². The molecule has 1 aromatic heterocycles. The summed E-state index contributed by atoms with van der Waals surface area (Å²) in [4.78, 5) is 40.2. The van der Waals surface area contributed by atoms with Crippen molar-refractivity contribution in [1.29, 1.82) is 1.12 Å². The normalized spacial score (nSPS) is 13.6. The molecule has 50 heavy (non-hydrogen) atoms. The van der Waals surface area contributed by atoms with Gasteiger partial charge in [0.2, 0.25) is 11.8 Å². The van der Waals surface area contributed by atoms with Crippen LogP contribution in [0.3, 0.4) is 0 Å². The van der Waals surface area contributed by atoms with E-state index in [4.69, 9.17) is 10.6 Å². The quantitative estimate of drug-likeness (QED) is 0.0767. The molecule has 4 aromatic rings. The Morgan fingerprint density at radius 1 is 0.960 bits per heavy atom. The number of hydrogen-bond donors (Lipinski definition) is 3. The SMILES string of the molecule is [3H]S(=P)N[C@@H](Cc1ccc(Cn2nnc3c2-c2ccccc2N(C(=O)CCCCC(=O)NCCOCCOC)Cc2ccccc2-3)cc1)C(C)=O. The number of amides is 2. The average Bonchev–Trinajstić information content (AvgIpc) is 3.52. The van der Waals surface area contributed by atoms with Crippen LogP contribution in [0.25, 0.3) is 22.5 Å². The van der Waals surface area contributed by atoms with Gasteiger partial charge in [-0.15, -0.1) is 16.1 Å². The highest BCUT2D eigenvalue weighted by Crippen LogP contribution is 2.41. The zero-order valence-electron chi connectivity index (χ0n) is 29.5. The molecule has 1 unspecified atom stereocenters. The lowest BCUT2D eigenvalue weighted by atomic mass is 9.95. The van der Waals surface area contributed by atoms with Gasteiger partial charge in [0.15, 0.2) is 0 Å². The number of fused-ring (bicyclic) bond motifs is 5. The molecule has 1 aliphatic heterocycles. The summed E-state index contributed by atoms with van der Waals surface area (Å²) in [5.74, 6) is -0.0907. The van der Waals surface area contributed by atoms with Gasteiger partial charge in [-0.2, -0.15) is 0 Å².